The molecule has 0 aromatic carbocycles. The summed E-state index contributed by atoms with van der Waals surface area (Å²) in [6.45, 7) is 2.39. The average molecular weight is 199 g/mol. The Kier molecular flexibility index (Phi) is 3.44. The van der Waals surface area contributed by atoms with Gasteiger partial charge >= 0.3 is 6.03 Å². The zero-order chi connectivity index (χ0) is 10.6. The van der Waals surface area contributed by atoms with Crippen molar-refractivity contribution in [3.8, 4) is 0 Å². The lowest BCUT2D eigenvalue weighted by atomic mass is 10.1. The van der Waals surface area contributed by atoms with E-state index in [4.69, 9.17) is 0 Å². The van der Waals surface area contributed by atoms with Crippen LogP contribution in [0.4, 0.5) is 4.79 Å². The van der Waals surface area contributed by atoms with Gasteiger partial charge < -0.3 is 10.6 Å². The Bertz CT molecular complexity index is 265. The summed E-state index contributed by atoms with van der Waals surface area (Å²) < 4.78 is 0. The van der Waals surface area contributed by atoms with Crippen molar-refractivity contribution in [1.29, 1.82) is 0 Å². The SMILES string of the molecule is CCNC(=O)CC[C@@H]1NC(=O)NC1=O. The molecule has 1 fully saturated rings. The minimum absolute atomic E-state index is 0.110. The first-order valence-corrected chi connectivity index (χ1v) is 4.51. The van der Waals surface area contributed by atoms with Crippen molar-refractivity contribution in [3.63, 3.8) is 0 Å². The van der Waals surface area contributed by atoms with E-state index in [9.17, 15) is 14.4 Å². The van der Waals surface area contributed by atoms with Gasteiger partial charge in [-0.1, -0.05) is 0 Å². The van der Waals surface area contributed by atoms with Gasteiger partial charge in [-0.05, 0) is 13.3 Å². The summed E-state index contributed by atoms with van der Waals surface area (Å²) in [5, 5.41) is 7.14. The third kappa shape index (κ3) is 2.72. The Morgan fingerprint density at radius 2 is 2.21 bits per heavy atom. The molecule has 0 spiro atoms. The minimum atomic E-state index is -0.565. The number of rotatable bonds is 4. The van der Waals surface area contributed by atoms with Crippen LogP contribution in [0.1, 0.15) is 19.8 Å². The van der Waals surface area contributed by atoms with Gasteiger partial charge in [0.05, 0.1) is 0 Å². The van der Waals surface area contributed by atoms with Gasteiger partial charge in [0, 0.05) is 13.0 Å². The Morgan fingerprint density at radius 3 is 2.71 bits per heavy atom. The van der Waals surface area contributed by atoms with Crippen molar-refractivity contribution in [2.45, 2.75) is 25.8 Å². The van der Waals surface area contributed by atoms with Gasteiger partial charge in [0.1, 0.15) is 6.04 Å². The molecule has 3 N–H and O–H groups in total. The molecule has 1 saturated heterocycles. The summed E-state index contributed by atoms with van der Waals surface area (Å²) in [5.74, 6) is -0.472. The van der Waals surface area contributed by atoms with Crippen LogP contribution < -0.4 is 16.0 Å². The number of carbonyl (C=O) groups is 3. The van der Waals surface area contributed by atoms with Gasteiger partial charge in [0.25, 0.3) is 5.91 Å². The van der Waals surface area contributed by atoms with Crippen molar-refractivity contribution >= 4 is 17.8 Å². The van der Waals surface area contributed by atoms with E-state index in [1.54, 1.807) is 0 Å². The van der Waals surface area contributed by atoms with E-state index >= 15 is 0 Å². The maximum atomic E-state index is 11.0. The second-order valence-electron chi connectivity index (χ2n) is 3.01. The zero-order valence-electron chi connectivity index (χ0n) is 7.92. The molecule has 6 nitrogen and oxygen atoms in total. The fourth-order valence-corrected chi connectivity index (χ4v) is 1.22. The number of urea groups is 1. The molecule has 4 amide bonds. The second-order valence-corrected chi connectivity index (χ2v) is 3.01. The van der Waals surface area contributed by atoms with Gasteiger partial charge in [0.15, 0.2) is 0 Å². The van der Waals surface area contributed by atoms with Crippen molar-refractivity contribution < 1.29 is 14.4 Å². The molecule has 1 aliphatic rings. The number of nitrogens with one attached hydrogen (secondary N) is 3. The highest BCUT2D eigenvalue weighted by molar-refractivity contribution is 6.04. The summed E-state index contributed by atoms with van der Waals surface area (Å²) in [6, 6.07) is -1.05. The van der Waals surface area contributed by atoms with Crippen molar-refractivity contribution in [2.75, 3.05) is 6.54 Å². The molecule has 1 aliphatic heterocycles. The van der Waals surface area contributed by atoms with Crippen LogP contribution in [0.15, 0.2) is 0 Å². The second kappa shape index (κ2) is 4.59. The van der Waals surface area contributed by atoms with Crippen molar-refractivity contribution in [3.05, 3.63) is 0 Å². The summed E-state index contributed by atoms with van der Waals surface area (Å²) in [7, 11) is 0. The lowest BCUT2D eigenvalue weighted by molar-refractivity contribution is -0.122. The Morgan fingerprint density at radius 1 is 1.50 bits per heavy atom. The Balaban J connectivity index is 2.28. The largest absolute Gasteiger partial charge is 0.356 e. The van der Waals surface area contributed by atoms with Crippen LogP contribution in [0.3, 0.4) is 0 Å². The number of imide groups is 1. The van der Waals surface area contributed by atoms with Gasteiger partial charge in [-0.2, -0.15) is 0 Å². The summed E-state index contributed by atoms with van der Waals surface area (Å²) in [6.07, 6.45) is 0.579. The molecule has 0 saturated carbocycles. The predicted molar refractivity (Wildman–Crippen MR) is 48.4 cm³/mol. The van der Waals surface area contributed by atoms with E-state index in [0.717, 1.165) is 0 Å². The highest BCUT2D eigenvalue weighted by Gasteiger charge is 2.29. The van der Waals surface area contributed by atoms with Crippen LogP contribution in [-0.4, -0.2) is 30.4 Å². The highest BCUT2D eigenvalue weighted by atomic mass is 16.2. The molecule has 6 heteroatoms. The summed E-state index contributed by atoms with van der Waals surface area (Å²) in [4.78, 5) is 32.8. The third-order valence-corrected chi connectivity index (χ3v) is 1.89. The number of hydrogen-bond donors (Lipinski definition) is 3. The molecule has 0 aromatic heterocycles. The molecule has 0 radical (unpaired) electrons. The van der Waals surface area contributed by atoms with E-state index in [-0.39, 0.29) is 18.2 Å². The van der Waals surface area contributed by atoms with Crippen LogP contribution in [0.25, 0.3) is 0 Å². The molecule has 0 aromatic rings. The molecule has 0 unspecified atom stereocenters. The number of hydrogen-bond acceptors (Lipinski definition) is 3. The first kappa shape index (κ1) is 10.5. The molecule has 1 atom stereocenters. The molecular formula is C8H13N3O3. The van der Waals surface area contributed by atoms with Crippen molar-refractivity contribution in [2.24, 2.45) is 0 Å². The van der Waals surface area contributed by atoms with E-state index in [0.29, 0.717) is 13.0 Å². The molecule has 14 heavy (non-hydrogen) atoms. The molecule has 1 heterocycles. The van der Waals surface area contributed by atoms with Gasteiger partial charge in [-0.15, -0.1) is 0 Å². The predicted octanol–water partition coefficient (Wildman–Crippen LogP) is -0.889. The average Bonchev–Trinajstić information content (AvgIpc) is 2.42. The van der Waals surface area contributed by atoms with Crippen LogP contribution in [0.2, 0.25) is 0 Å². The smallest absolute Gasteiger partial charge is 0.322 e. The molecule has 78 valence electrons. The Labute approximate surface area is 81.4 Å². The van der Waals surface area contributed by atoms with Crippen LogP contribution >= 0.6 is 0 Å². The summed E-state index contributed by atoms with van der Waals surface area (Å²) in [5.41, 5.74) is 0. The molecule has 1 rings (SSSR count). The number of amides is 4. The lowest BCUT2D eigenvalue weighted by Crippen LogP contribution is -2.31. The highest BCUT2D eigenvalue weighted by Crippen LogP contribution is 2.01. The number of carbonyl (C=O) groups excluding carboxylic acids is 3. The van der Waals surface area contributed by atoms with Crippen LogP contribution in [0, 0.1) is 0 Å². The van der Waals surface area contributed by atoms with Crippen LogP contribution in [0.5, 0.6) is 0 Å². The van der Waals surface area contributed by atoms with E-state index < -0.39 is 12.1 Å². The summed E-state index contributed by atoms with van der Waals surface area (Å²) >= 11 is 0. The minimum Gasteiger partial charge on any atom is -0.356 e. The quantitative estimate of drug-likeness (QED) is 0.513. The first-order chi connectivity index (χ1) is 6.63. The maximum Gasteiger partial charge on any atom is 0.322 e. The maximum absolute atomic E-state index is 11.0. The third-order valence-electron chi connectivity index (χ3n) is 1.89. The Hall–Kier alpha value is -1.59. The zero-order valence-corrected chi connectivity index (χ0v) is 7.92. The van der Waals surface area contributed by atoms with E-state index in [1.165, 1.54) is 0 Å². The molecular weight excluding hydrogens is 186 g/mol. The van der Waals surface area contributed by atoms with Gasteiger partial charge in [-0.25, -0.2) is 4.79 Å². The van der Waals surface area contributed by atoms with Crippen molar-refractivity contribution in [1.82, 2.24) is 16.0 Å². The topological polar surface area (TPSA) is 87.3 Å². The monoisotopic (exact) mass is 199 g/mol. The molecule has 0 aliphatic carbocycles. The normalized spacial score (nSPS) is 20.2. The molecule has 0 bridgehead atoms. The van der Waals surface area contributed by atoms with Crippen LogP contribution in [-0.2, 0) is 9.59 Å². The van der Waals surface area contributed by atoms with Gasteiger partial charge in [0.2, 0.25) is 5.91 Å². The fraction of sp³-hybridized carbons (Fsp3) is 0.625. The first-order valence-electron chi connectivity index (χ1n) is 4.51. The standard InChI is InChI=1S/C8H13N3O3/c1-2-9-6(12)4-3-5-7(13)11-8(14)10-5/h5H,2-4H2,1H3,(H,9,12)(H2,10,11,13,14)/t5-/m0/s1. The van der Waals surface area contributed by atoms with E-state index in [2.05, 4.69) is 16.0 Å². The van der Waals surface area contributed by atoms with E-state index in [1.807, 2.05) is 6.92 Å². The fourth-order valence-electron chi connectivity index (χ4n) is 1.22. The van der Waals surface area contributed by atoms with Gasteiger partial charge in [-0.3, -0.25) is 14.9 Å². The lowest BCUT2D eigenvalue weighted by Gasteiger charge is -2.06.